The van der Waals surface area contributed by atoms with Crippen molar-refractivity contribution < 1.29 is 18.3 Å². The molecule has 0 aliphatic carbocycles. The van der Waals surface area contributed by atoms with E-state index in [1.54, 1.807) is 32.0 Å². The van der Waals surface area contributed by atoms with Crippen LogP contribution in [0.15, 0.2) is 29.2 Å². The van der Waals surface area contributed by atoms with Crippen molar-refractivity contribution in [3.63, 3.8) is 0 Å². The van der Waals surface area contributed by atoms with Crippen molar-refractivity contribution in [1.29, 1.82) is 0 Å². The number of aliphatic hydroxyl groups is 1. The van der Waals surface area contributed by atoms with E-state index in [4.69, 9.17) is 4.74 Å². The zero-order valence-corrected chi connectivity index (χ0v) is 11.1. The molecule has 1 rings (SSSR count). The lowest BCUT2D eigenvalue weighted by molar-refractivity contribution is 0.147. The Morgan fingerprint density at radius 2 is 1.88 bits per heavy atom. The van der Waals surface area contributed by atoms with Crippen molar-refractivity contribution in [3.8, 4) is 5.75 Å². The van der Waals surface area contributed by atoms with Crippen molar-refractivity contribution in [1.82, 2.24) is 0 Å². The van der Waals surface area contributed by atoms with Gasteiger partial charge in [-0.3, -0.25) is 0 Å². The molecular weight excluding hydrogens is 240 g/mol. The summed E-state index contributed by atoms with van der Waals surface area (Å²) in [7, 11) is -2.10. The van der Waals surface area contributed by atoms with Crippen LogP contribution in [0.25, 0.3) is 0 Å². The number of methoxy groups -OCH3 is 1. The predicted molar refractivity (Wildman–Crippen MR) is 65.9 cm³/mol. The SMILES string of the molecule is COc1ccccc1S(=O)(=O)CC(O)C(C)C. The van der Waals surface area contributed by atoms with Gasteiger partial charge in [-0.05, 0) is 18.1 Å². The molecule has 0 aliphatic rings. The van der Waals surface area contributed by atoms with E-state index in [-0.39, 0.29) is 16.6 Å². The van der Waals surface area contributed by atoms with Gasteiger partial charge in [-0.2, -0.15) is 0 Å². The van der Waals surface area contributed by atoms with Crippen molar-refractivity contribution in [2.75, 3.05) is 12.9 Å². The summed E-state index contributed by atoms with van der Waals surface area (Å²) in [5.41, 5.74) is 0. The first-order chi connectivity index (χ1) is 7.88. The highest BCUT2D eigenvalue weighted by atomic mass is 32.2. The molecule has 1 aromatic rings. The molecule has 0 aliphatic heterocycles. The molecule has 0 saturated heterocycles. The van der Waals surface area contributed by atoms with Gasteiger partial charge in [0.15, 0.2) is 9.84 Å². The molecule has 1 N–H and O–H groups in total. The first-order valence-electron chi connectivity index (χ1n) is 5.42. The fourth-order valence-corrected chi connectivity index (χ4v) is 3.14. The summed E-state index contributed by atoms with van der Waals surface area (Å²) in [6.45, 7) is 3.56. The van der Waals surface area contributed by atoms with E-state index in [1.807, 2.05) is 0 Å². The Morgan fingerprint density at radius 1 is 1.29 bits per heavy atom. The van der Waals surface area contributed by atoms with Crippen molar-refractivity contribution >= 4 is 9.84 Å². The van der Waals surface area contributed by atoms with E-state index in [9.17, 15) is 13.5 Å². The van der Waals surface area contributed by atoms with E-state index in [1.165, 1.54) is 13.2 Å². The zero-order chi connectivity index (χ0) is 13.1. The maximum atomic E-state index is 12.1. The summed E-state index contributed by atoms with van der Waals surface area (Å²) in [6.07, 6.45) is -0.870. The minimum absolute atomic E-state index is 0.0977. The number of para-hydroxylation sites is 1. The van der Waals surface area contributed by atoms with E-state index < -0.39 is 15.9 Å². The minimum atomic E-state index is -3.52. The third-order valence-corrected chi connectivity index (χ3v) is 4.35. The topological polar surface area (TPSA) is 63.6 Å². The smallest absolute Gasteiger partial charge is 0.184 e. The highest BCUT2D eigenvalue weighted by Crippen LogP contribution is 2.25. The lowest BCUT2D eigenvalue weighted by Crippen LogP contribution is -2.26. The molecule has 17 heavy (non-hydrogen) atoms. The van der Waals surface area contributed by atoms with Crippen LogP contribution in [0.2, 0.25) is 0 Å². The second kappa shape index (κ2) is 5.51. The first kappa shape index (κ1) is 14.0. The van der Waals surface area contributed by atoms with E-state index in [2.05, 4.69) is 0 Å². The third kappa shape index (κ3) is 3.44. The molecule has 1 aromatic carbocycles. The van der Waals surface area contributed by atoms with Gasteiger partial charge in [-0.1, -0.05) is 26.0 Å². The van der Waals surface area contributed by atoms with Crippen LogP contribution >= 0.6 is 0 Å². The van der Waals surface area contributed by atoms with Crippen LogP contribution in [-0.4, -0.2) is 32.5 Å². The van der Waals surface area contributed by atoms with Crippen LogP contribution in [0, 0.1) is 5.92 Å². The van der Waals surface area contributed by atoms with Gasteiger partial charge in [-0.15, -0.1) is 0 Å². The maximum Gasteiger partial charge on any atom is 0.184 e. The number of ether oxygens (including phenoxy) is 1. The molecule has 0 radical (unpaired) electrons. The molecule has 0 aromatic heterocycles. The number of benzene rings is 1. The summed E-state index contributed by atoms with van der Waals surface area (Å²) in [4.78, 5) is 0.127. The molecule has 4 nitrogen and oxygen atoms in total. The van der Waals surface area contributed by atoms with Crippen LogP contribution in [-0.2, 0) is 9.84 Å². The van der Waals surface area contributed by atoms with Crippen LogP contribution < -0.4 is 4.74 Å². The molecule has 1 unspecified atom stereocenters. The van der Waals surface area contributed by atoms with Crippen molar-refractivity contribution in [3.05, 3.63) is 24.3 Å². The first-order valence-corrected chi connectivity index (χ1v) is 7.07. The molecular formula is C12H18O4S. The highest BCUT2D eigenvalue weighted by molar-refractivity contribution is 7.91. The number of sulfone groups is 1. The molecule has 0 heterocycles. The van der Waals surface area contributed by atoms with Gasteiger partial charge in [0, 0.05) is 0 Å². The Balaban J connectivity index is 3.05. The van der Waals surface area contributed by atoms with E-state index in [0.29, 0.717) is 5.75 Å². The second-order valence-corrected chi connectivity index (χ2v) is 6.25. The third-order valence-electron chi connectivity index (χ3n) is 2.56. The highest BCUT2D eigenvalue weighted by Gasteiger charge is 2.24. The average Bonchev–Trinajstić information content (AvgIpc) is 2.28. The average molecular weight is 258 g/mol. The molecule has 0 bridgehead atoms. The second-order valence-electron chi connectivity index (χ2n) is 4.24. The normalized spacial score (nSPS) is 13.7. The monoisotopic (exact) mass is 258 g/mol. The fraction of sp³-hybridized carbons (Fsp3) is 0.500. The molecule has 0 spiro atoms. The lowest BCUT2D eigenvalue weighted by atomic mass is 10.1. The molecule has 0 fully saturated rings. The van der Waals surface area contributed by atoms with Gasteiger partial charge in [0.25, 0.3) is 0 Å². The van der Waals surface area contributed by atoms with Crippen LogP contribution in [0.4, 0.5) is 0 Å². The zero-order valence-electron chi connectivity index (χ0n) is 10.3. The fourth-order valence-electron chi connectivity index (χ4n) is 1.38. The van der Waals surface area contributed by atoms with Gasteiger partial charge >= 0.3 is 0 Å². The minimum Gasteiger partial charge on any atom is -0.495 e. The number of hydrogen-bond donors (Lipinski definition) is 1. The van der Waals surface area contributed by atoms with Gasteiger partial charge in [0.2, 0.25) is 0 Å². The molecule has 0 amide bonds. The van der Waals surface area contributed by atoms with Gasteiger partial charge in [0.1, 0.15) is 10.6 Å². The lowest BCUT2D eigenvalue weighted by Gasteiger charge is -2.15. The van der Waals surface area contributed by atoms with Crippen LogP contribution in [0.5, 0.6) is 5.75 Å². The quantitative estimate of drug-likeness (QED) is 0.869. The summed E-state index contributed by atoms with van der Waals surface area (Å²) in [5, 5.41) is 9.67. The van der Waals surface area contributed by atoms with Crippen LogP contribution in [0.1, 0.15) is 13.8 Å². The number of rotatable bonds is 5. The predicted octanol–water partition coefficient (Wildman–Crippen LogP) is 1.49. The van der Waals surface area contributed by atoms with Crippen molar-refractivity contribution in [2.24, 2.45) is 5.92 Å². The van der Waals surface area contributed by atoms with E-state index >= 15 is 0 Å². The summed E-state index contributed by atoms with van der Waals surface area (Å²) >= 11 is 0. The molecule has 1 atom stereocenters. The summed E-state index contributed by atoms with van der Waals surface area (Å²) in [6, 6.07) is 6.42. The molecule has 5 heteroatoms. The van der Waals surface area contributed by atoms with Crippen LogP contribution in [0.3, 0.4) is 0 Å². The Bertz CT molecular complexity index is 465. The van der Waals surface area contributed by atoms with E-state index in [0.717, 1.165) is 0 Å². The maximum absolute atomic E-state index is 12.1. The summed E-state index contributed by atoms with van der Waals surface area (Å²) in [5.74, 6) is -0.0756. The number of hydrogen-bond acceptors (Lipinski definition) is 4. The summed E-state index contributed by atoms with van der Waals surface area (Å²) < 4.78 is 29.2. The largest absolute Gasteiger partial charge is 0.495 e. The Morgan fingerprint density at radius 3 is 2.41 bits per heavy atom. The molecule has 0 saturated carbocycles. The Hall–Kier alpha value is -1.07. The van der Waals surface area contributed by atoms with Gasteiger partial charge < -0.3 is 9.84 Å². The van der Waals surface area contributed by atoms with Gasteiger partial charge in [0.05, 0.1) is 19.0 Å². The Kier molecular flexibility index (Phi) is 4.54. The Labute approximate surface area is 102 Å². The number of aliphatic hydroxyl groups excluding tert-OH is 1. The van der Waals surface area contributed by atoms with Crippen molar-refractivity contribution in [2.45, 2.75) is 24.8 Å². The standard InChI is InChI=1S/C12H18O4S/c1-9(2)10(13)8-17(14,15)12-7-5-4-6-11(12)16-3/h4-7,9-10,13H,8H2,1-3H3. The molecule has 96 valence electrons. The van der Waals surface area contributed by atoms with Gasteiger partial charge in [-0.25, -0.2) is 8.42 Å².